The molecule has 3 aromatic carbocycles. The van der Waals surface area contributed by atoms with E-state index in [1.54, 1.807) is 44.2 Å². The van der Waals surface area contributed by atoms with Gasteiger partial charge in [0.25, 0.3) is 11.7 Å². The molecule has 0 aliphatic rings. The number of halogens is 4. The standard InChI is InChI=1S/C26H19ClF3NO5/c1-14-10-18(11-15(2)22(14)27)35-24-23(33)19-9-8-17(12-20(19)36-25(24)26(28,29)30)34-13-21(32)31-16-6-4-3-5-7-16/h3-12H,13H2,1-2H3,(H,31,32). The molecule has 0 atom stereocenters. The Balaban J connectivity index is 1.64. The summed E-state index contributed by atoms with van der Waals surface area (Å²) in [5, 5.41) is 2.91. The summed E-state index contributed by atoms with van der Waals surface area (Å²) in [7, 11) is 0. The van der Waals surface area contributed by atoms with Crippen molar-refractivity contribution < 1.29 is 31.9 Å². The normalized spacial score (nSPS) is 11.4. The molecule has 10 heteroatoms. The van der Waals surface area contributed by atoms with Crippen LogP contribution in [0.3, 0.4) is 0 Å². The first-order valence-electron chi connectivity index (χ1n) is 10.6. The summed E-state index contributed by atoms with van der Waals surface area (Å²) >= 11 is 6.11. The van der Waals surface area contributed by atoms with Gasteiger partial charge in [-0.15, -0.1) is 0 Å². The van der Waals surface area contributed by atoms with E-state index in [1.807, 2.05) is 0 Å². The van der Waals surface area contributed by atoms with Crippen LogP contribution in [0.1, 0.15) is 16.9 Å². The zero-order valence-electron chi connectivity index (χ0n) is 19.0. The largest absolute Gasteiger partial charge is 0.484 e. The molecule has 0 saturated heterocycles. The van der Waals surface area contributed by atoms with Crippen molar-refractivity contribution in [2.75, 3.05) is 11.9 Å². The van der Waals surface area contributed by atoms with Crippen molar-refractivity contribution in [3.05, 3.63) is 92.8 Å². The highest BCUT2D eigenvalue weighted by Gasteiger charge is 2.40. The molecule has 1 amide bonds. The third kappa shape index (κ3) is 5.46. The van der Waals surface area contributed by atoms with Gasteiger partial charge in [0, 0.05) is 16.8 Å². The molecule has 36 heavy (non-hydrogen) atoms. The summed E-state index contributed by atoms with van der Waals surface area (Å²) in [4.78, 5) is 25.1. The Bertz CT molecular complexity index is 1480. The number of ether oxygens (including phenoxy) is 2. The van der Waals surface area contributed by atoms with Gasteiger partial charge in [0.1, 0.15) is 17.1 Å². The smallest absolute Gasteiger partial charge is 0.453 e. The van der Waals surface area contributed by atoms with E-state index in [0.717, 1.165) is 6.07 Å². The minimum Gasteiger partial charge on any atom is -0.484 e. The minimum absolute atomic E-state index is 0.0101. The number of para-hydroxylation sites is 1. The van der Waals surface area contributed by atoms with Crippen molar-refractivity contribution in [1.82, 2.24) is 0 Å². The number of rotatable bonds is 6. The number of anilines is 1. The van der Waals surface area contributed by atoms with Crippen LogP contribution < -0.4 is 20.2 Å². The number of alkyl halides is 3. The highest BCUT2D eigenvalue weighted by atomic mass is 35.5. The molecule has 0 aliphatic heterocycles. The molecule has 0 bridgehead atoms. The lowest BCUT2D eigenvalue weighted by Crippen LogP contribution is -2.20. The van der Waals surface area contributed by atoms with E-state index < -0.39 is 35.6 Å². The van der Waals surface area contributed by atoms with Crippen molar-refractivity contribution in [1.29, 1.82) is 0 Å². The molecule has 4 rings (SSSR count). The van der Waals surface area contributed by atoms with E-state index in [1.165, 1.54) is 24.3 Å². The number of amides is 1. The Hall–Kier alpha value is -3.98. The maximum absolute atomic E-state index is 13.8. The van der Waals surface area contributed by atoms with Crippen LogP contribution in [-0.4, -0.2) is 12.5 Å². The number of hydrogen-bond acceptors (Lipinski definition) is 5. The summed E-state index contributed by atoms with van der Waals surface area (Å²) in [5.41, 5.74) is 0.322. The lowest BCUT2D eigenvalue weighted by molar-refractivity contribution is -0.154. The van der Waals surface area contributed by atoms with Crippen LogP contribution in [0, 0.1) is 13.8 Å². The number of fused-ring (bicyclic) bond motifs is 1. The molecule has 0 aliphatic carbocycles. The maximum atomic E-state index is 13.8. The first kappa shape index (κ1) is 25.1. The average Bonchev–Trinajstić information content (AvgIpc) is 2.82. The van der Waals surface area contributed by atoms with Crippen molar-refractivity contribution in [2.24, 2.45) is 0 Å². The molecule has 1 heterocycles. The highest BCUT2D eigenvalue weighted by molar-refractivity contribution is 6.32. The van der Waals surface area contributed by atoms with Gasteiger partial charge in [-0.25, -0.2) is 0 Å². The molecule has 0 spiro atoms. The summed E-state index contributed by atoms with van der Waals surface area (Å²) in [6.45, 7) is 2.92. The maximum Gasteiger partial charge on any atom is 0.453 e. The van der Waals surface area contributed by atoms with Gasteiger partial charge in [-0.1, -0.05) is 29.8 Å². The first-order valence-corrected chi connectivity index (χ1v) is 11.0. The predicted octanol–water partition coefficient (Wildman–Crippen LogP) is 6.89. The van der Waals surface area contributed by atoms with Crippen LogP contribution in [-0.2, 0) is 11.0 Å². The molecule has 4 aromatic rings. The zero-order valence-corrected chi connectivity index (χ0v) is 19.8. The van der Waals surface area contributed by atoms with Crippen LogP contribution in [0.4, 0.5) is 18.9 Å². The van der Waals surface area contributed by atoms with Crippen LogP contribution in [0.5, 0.6) is 17.2 Å². The summed E-state index contributed by atoms with van der Waals surface area (Å²) < 4.78 is 57.3. The monoisotopic (exact) mass is 517 g/mol. The van der Waals surface area contributed by atoms with Gasteiger partial charge in [0.05, 0.1) is 5.39 Å². The zero-order chi connectivity index (χ0) is 26.0. The second-order valence-electron chi connectivity index (χ2n) is 7.92. The van der Waals surface area contributed by atoms with Crippen molar-refractivity contribution in [3.8, 4) is 17.2 Å². The van der Waals surface area contributed by atoms with Gasteiger partial charge >= 0.3 is 6.18 Å². The fraction of sp³-hybridized carbons (Fsp3) is 0.154. The molecular formula is C26H19ClF3NO5. The molecule has 0 radical (unpaired) electrons. The molecule has 0 unspecified atom stereocenters. The fourth-order valence-corrected chi connectivity index (χ4v) is 3.58. The highest BCUT2D eigenvalue weighted by Crippen LogP contribution is 2.39. The Morgan fingerprint density at radius 3 is 2.31 bits per heavy atom. The third-order valence-corrected chi connectivity index (χ3v) is 5.73. The Labute approximate surface area is 208 Å². The van der Waals surface area contributed by atoms with E-state index in [9.17, 15) is 22.8 Å². The van der Waals surface area contributed by atoms with Gasteiger partial charge in [-0.05, 0) is 61.4 Å². The molecule has 6 nitrogen and oxygen atoms in total. The first-order chi connectivity index (χ1) is 17.0. The van der Waals surface area contributed by atoms with E-state index in [-0.39, 0.29) is 22.5 Å². The van der Waals surface area contributed by atoms with Crippen LogP contribution in [0.25, 0.3) is 11.0 Å². The number of carbonyl (C=O) groups excluding carboxylic acids is 1. The van der Waals surface area contributed by atoms with Crippen LogP contribution >= 0.6 is 11.6 Å². The average molecular weight is 518 g/mol. The number of nitrogens with one attached hydrogen (secondary N) is 1. The second-order valence-corrected chi connectivity index (χ2v) is 8.30. The fourth-order valence-electron chi connectivity index (χ4n) is 3.48. The van der Waals surface area contributed by atoms with Gasteiger partial charge in [-0.3, -0.25) is 9.59 Å². The minimum atomic E-state index is -5.02. The van der Waals surface area contributed by atoms with Gasteiger partial charge in [-0.2, -0.15) is 13.2 Å². The number of carbonyl (C=O) groups is 1. The predicted molar refractivity (Wildman–Crippen MR) is 129 cm³/mol. The van der Waals surface area contributed by atoms with Gasteiger partial charge in [0.2, 0.25) is 11.2 Å². The quantitative estimate of drug-likeness (QED) is 0.301. The van der Waals surface area contributed by atoms with Gasteiger partial charge < -0.3 is 19.2 Å². The number of hydrogen-bond donors (Lipinski definition) is 1. The molecule has 1 aromatic heterocycles. The summed E-state index contributed by atoms with van der Waals surface area (Å²) in [6, 6.07) is 15.2. The van der Waals surface area contributed by atoms with Crippen LogP contribution in [0.15, 0.2) is 69.9 Å². The van der Waals surface area contributed by atoms with Crippen molar-refractivity contribution in [3.63, 3.8) is 0 Å². The summed E-state index contributed by atoms with van der Waals surface area (Å²) in [5.74, 6) is -3.01. The van der Waals surface area contributed by atoms with E-state index in [4.69, 9.17) is 25.5 Å². The Kier molecular flexibility index (Phi) is 6.94. The molecule has 186 valence electrons. The van der Waals surface area contributed by atoms with Crippen molar-refractivity contribution >= 4 is 34.2 Å². The topological polar surface area (TPSA) is 77.8 Å². The number of benzene rings is 3. The molecule has 0 fully saturated rings. The van der Waals surface area contributed by atoms with E-state index >= 15 is 0 Å². The molecular weight excluding hydrogens is 499 g/mol. The molecule has 1 N–H and O–H groups in total. The van der Waals surface area contributed by atoms with Gasteiger partial charge in [0.15, 0.2) is 6.61 Å². The lowest BCUT2D eigenvalue weighted by Gasteiger charge is -2.15. The molecule has 0 saturated carbocycles. The van der Waals surface area contributed by atoms with E-state index in [0.29, 0.717) is 21.8 Å². The third-order valence-electron chi connectivity index (χ3n) is 5.14. The Morgan fingerprint density at radius 1 is 1.00 bits per heavy atom. The second kappa shape index (κ2) is 9.94. The lowest BCUT2D eigenvalue weighted by atomic mass is 10.1. The Morgan fingerprint density at radius 2 is 1.67 bits per heavy atom. The SMILES string of the molecule is Cc1cc(Oc2c(C(F)(F)F)oc3cc(OCC(=O)Nc4ccccc4)ccc3c2=O)cc(C)c1Cl. The van der Waals surface area contributed by atoms with Crippen LogP contribution in [0.2, 0.25) is 5.02 Å². The summed E-state index contributed by atoms with van der Waals surface area (Å²) in [6.07, 6.45) is -5.02. The van der Waals surface area contributed by atoms with E-state index in [2.05, 4.69) is 5.32 Å². The number of aryl methyl sites for hydroxylation is 2. The van der Waals surface area contributed by atoms with Crippen molar-refractivity contribution in [2.45, 2.75) is 20.0 Å².